The standard InChI is InChI=1S/C26H46N2O15/c1-12(31)40-23-19(36)18(35)20(16(33)10-29)41-24(23)42-21-15(32)8-26(25(37)38,43-22(21)17(34)11-30)39-7-3-6-13-4-2-5-14(9-27)28-13/h13-24,28-30,32-36H,2-11,27H2,1H3,(H,37,38)/t13?,14?,15-,16+,17-,18+,19+,20?,21-,22?,23?,24-,26-/m1/s1. The van der Waals surface area contributed by atoms with Gasteiger partial charge in [-0.05, 0) is 25.7 Å². The molecule has 0 amide bonds. The van der Waals surface area contributed by atoms with Crippen LogP contribution in [0.5, 0.6) is 0 Å². The van der Waals surface area contributed by atoms with Gasteiger partial charge >= 0.3 is 11.9 Å². The number of carbonyl (C=O) groups is 2. The number of esters is 1. The van der Waals surface area contributed by atoms with E-state index < -0.39 is 98.6 Å². The van der Waals surface area contributed by atoms with E-state index in [0.717, 1.165) is 26.2 Å². The maximum atomic E-state index is 12.4. The molecule has 0 radical (unpaired) electrons. The zero-order valence-corrected chi connectivity index (χ0v) is 24.0. The summed E-state index contributed by atoms with van der Waals surface area (Å²) in [6.07, 6.45) is -14.3. The van der Waals surface area contributed by atoms with Crippen molar-refractivity contribution in [3.8, 4) is 0 Å². The molecule has 3 aliphatic heterocycles. The molecule has 11 N–H and O–H groups in total. The SMILES string of the molecule is CC(=O)OC1[C@@H](O[C@H]2C([C@H](O)CO)O[C@@](OCCCC3CCCC(CN)N3)(C(=O)O)C[C@H]2O)OC([C@@H](O)CO)[C@@H](O)[C@@H]1O. The normalized spacial score (nSPS) is 40.0. The van der Waals surface area contributed by atoms with Crippen molar-refractivity contribution in [1.29, 1.82) is 0 Å². The quantitative estimate of drug-likeness (QED) is 0.0644. The van der Waals surface area contributed by atoms with Crippen LogP contribution in [0.3, 0.4) is 0 Å². The third-order valence-corrected chi connectivity index (χ3v) is 8.03. The van der Waals surface area contributed by atoms with Crippen molar-refractivity contribution in [2.75, 3.05) is 26.4 Å². The van der Waals surface area contributed by atoms with Gasteiger partial charge in [0.2, 0.25) is 0 Å². The molecule has 0 spiro atoms. The molecular weight excluding hydrogens is 580 g/mol. The zero-order valence-electron chi connectivity index (χ0n) is 24.0. The summed E-state index contributed by atoms with van der Waals surface area (Å²) in [6, 6.07) is 0.383. The number of aliphatic carboxylic acids is 1. The van der Waals surface area contributed by atoms with Crippen molar-refractivity contribution in [3.05, 3.63) is 0 Å². The largest absolute Gasteiger partial charge is 0.477 e. The molecule has 3 heterocycles. The lowest BCUT2D eigenvalue weighted by atomic mass is 9.91. The lowest BCUT2D eigenvalue weighted by Crippen LogP contribution is -2.67. The first kappa shape index (κ1) is 35.9. The van der Waals surface area contributed by atoms with Gasteiger partial charge in [0, 0.05) is 32.0 Å². The Morgan fingerprint density at radius 3 is 2.28 bits per heavy atom. The van der Waals surface area contributed by atoms with Crippen LogP contribution in [-0.4, -0.2) is 158 Å². The van der Waals surface area contributed by atoms with E-state index in [0.29, 0.717) is 19.4 Å². The summed E-state index contributed by atoms with van der Waals surface area (Å²) in [6.45, 7) is -0.406. The van der Waals surface area contributed by atoms with Crippen LogP contribution in [-0.2, 0) is 33.3 Å². The van der Waals surface area contributed by atoms with Gasteiger partial charge in [-0.15, -0.1) is 0 Å². The Labute approximate surface area is 248 Å². The predicted octanol–water partition coefficient (Wildman–Crippen LogP) is -4.35. The number of rotatable bonds is 14. The summed E-state index contributed by atoms with van der Waals surface area (Å²) in [5.74, 6) is -4.95. The van der Waals surface area contributed by atoms with Gasteiger partial charge in [0.05, 0.1) is 25.9 Å². The first-order valence-electron chi connectivity index (χ1n) is 14.5. The number of carbonyl (C=O) groups excluding carboxylic acids is 1. The van der Waals surface area contributed by atoms with Gasteiger partial charge < -0.3 is 75.6 Å². The van der Waals surface area contributed by atoms with E-state index in [1.807, 2.05) is 0 Å². The van der Waals surface area contributed by atoms with Gasteiger partial charge in [0.15, 0.2) is 12.4 Å². The predicted molar refractivity (Wildman–Crippen MR) is 142 cm³/mol. The highest BCUT2D eigenvalue weighted by atomic mass is 16.8. The topological polar surface area (TPSA) is 280 Å². The molecule has 3 saturated heterocycles. The van der Waals surface area contributed by atoms with E-state index in [9.17, 15) is 50.4 Å². The molecule has 0 aliphatic carbocycles. The number of ether oxygens (including phenoxy) is 5. The number of hydrogen-bond donors (Lipinski definition) is 10. The van der Waals surface area contributed by atoms with Crippen LogP contribution >= 0.6 is 0 Å². The monoisotopic (exact) mass is 626 g/mol. The molecular formula is C26H46N2O15. The summed E-state index contributed by atoms with van der Waals surface area (Å²) < 4.78 is 27.7. The number of nitrogens with one attached hydrogen (secondary N) is 1. The summed E-state index contributed by atoms with van der Waals surface area (Å²) >= 11 is 0. The van der Waals surface area contributed by atoms with Gasteiger partial charge in [-0.3, -0.25) is 4.79 Å². The van der Waals surface area contributed by atoms with Crippen molar-refractivity contribution in [3.63, 3.8) is 0 Å². The third-order valence-electron chi connectivity index (χ3n) is 8.03. The highest BCUT2D eigenvalue weighted by Crippen LogP contribution is 2.37. The molecule has 3 rings (SSSR count). The lowest BCUT2D eigenvalue weighted by molar-refractivity contribution is -0.370. The highest BCUT2D eigenvalue weighted by molar-refractivity contribution is 5.76. The number of hydrogen-bond acceptors (Lipinski definition) is 16. The van der Waals surface area contributed by atoms with E-state index in [1.54, 1.807) is 0 Å². The summed E-state index contributed by atoms with van der Waals surface area (Å²) in [7, 11) is 0. The smallest absolute Gasteiger partial charge is 0.364 e. The maximum Gasteiger partial charge on any atom is 0.364 e. The number of piperidine rings is 1. The fraction of sp³-hybridized carbons (Fsp3) is 0.923. The van der Waals surface area contributed by atoms with Gasteiger partial charge in [-0.2, -0.15) is 0 Å². The van der Waals surface area contributed by atoms with Crippen molar-refractivity contribution in [1.82, 2.24) is 5.32 Å². The van der Waals surface area contributed by atoms with E-state index in [1.165, 1.54) is 0 Å². The Morgan fingerprint density at radius 2 is 1.67 bits per heavy atom. The van der Waals surface area contributed by atoms with Crippen LogP contribution in [0.15, 0.2) is 0 Å². The Morgan fingerprint density at radius 1 is 1.02 bits per heavy atom. The molecule has 0 aromatic carbocycles. The fourth-order valence-corrected chi connectivity index (χ4v) is 5.76. The number of aliphatic hydroxyl groups excluding tert-OH is 7. The average molecular weight is 627 g/mol. The second-order valence-electron chi connectivity index (χ2n) is 11.3. The van der Waals surface area contributed by atoms with Crippen LogP contribution in [0.1, 0.15) is 45.4 Å². The molecule has 0 bridgehead atoms. The molecule has 3 aliphatic rings. The lowest BCUT2D eigenvalue weighted by Gasteiger charge is -2.48. The van der Waals surface area contributed by atoms with Gasteiger partial charge in [0.1, 0.15) is 42.7 Å². The zero-order chi connectivity index (χ0) is 31.9. The van der Waals surface area contributed by atoms with Gasteiger partial charge in [-0.1, -0.05) is 6.42 Å². The summed E-state index contributed by atoms with van der Waals surface area (Å²) in [5.41, 5.74) is 5.75. The summed E-state index contributed by atoms with van der Waals surface area (Å²) in [5, 5.41) is 85.3. The second kappa shape index (κ2) is 16.1. The van der Waals surface area contributed by atoms with E-state index in [2.05, 4.69) is 5.32 Å². The fourth-order valence-electron chi connectivity index (χ4n) is 5.76. The molecule has 13 atom stereocenters. The van der Waals surface area contributed by atoms with Crippen LogP contribution in [0.2, 0.25) is 0 Å². The molecule has 43 heavy (non-hydrogen) atoms. The number of aliphatic hydroxyl groups is 7. The number of nitrogens with two attached hydrogens (primary N) is 1. The molecule has 17 heteroatoms. The molecule has 0 aromatic heterocycles. The molecule has 5 unspecified atom stereocenters. The first-order valence-corrected chi connectivity index (χ1v) is 14.5. The summed E-state index contributed by atoms with van der Waals surface area (Å²) in [4.78, 5) is 24.1. The van der Waals surface area contributed by atoms with Crippen LogP contribution in [0, 0.1) is 0 Å². The second-order valence-corrected chi connectivity index (χ2v) is 11.3. The minimum atomic E-state index is -2.44. The molecule has 0 aromatic rings. The van der Waals surface area contributed by atoms with Gasteiger partial charge in [-0.25, -0.2) is 4.79 Å². The minimum Gasteiger partial charge on any atom is -0.477 e. The Hall–Kier alpha value is -1.58. The molecule has 250 valence electrons. The Kier molecular flexibility index (Phi) is 13.5. The highest BCUT2D eigenvalue weighted by Gasteiger charge is 2.57. The van der Waals surface area contributed by atoms with Crippen LogP contribution in [0.4, 0.5) is 0 Å². The van der Waals surface area contributed by atoms with Crippen molar-refractivity contribution in [2.24, 2.45) is 5.73 Å². The third kappa shape index (κ3) is 8.78. The molecule has 17 nitrogen and oxygen atoms in total. The number of carboxylic acids is 1. The van der Waals surface area contributed by atoms with Gasteiger partial charge in [0.25, 0.3) is 5.79 Å². The van der Waals surface area contributed by atoms with Crippen LogP contribution < -0.4 is 11.1 Å². The minimum absolute atomic E-state index is 0.0803. The van der Waals surface area contributed by atoms with Crippen molar-refractivity contribution in [2.45, 2.75) is 125 Å². The Balaban J connectivity index is 1.76. The molecule has 3 fully saturated rings. The average Bonchev–Trinajstić information content (AvgIpc) is 2.98. The van der Waals surface area contributed by atoms with Crippen molar-refractivity contribution < 1.29 is 74.1 Å². The maximum absolute atomic E-state index is 12.4. The van der Waals surface area contributed by atoms with Crippen LogP contribution in [0.25, 0.3) is 0 Å². The van der Waals surface area contributed by atoms with E-state index >= 15 is 0 Å². The Bertz CT molecular complexity index is 901. The van der Waals surface area contributed by atoms with E-state index in [4.69, 9.17) is 29.4 Å². The molecule has 0 saturated carbocycles. The number of carboxylic acid groups (broad SMARTS) is 1. The first-order chi connectivity index (χ1) is 20.4. The van der Waals surface area contributed by atoms with E-state index in [-0.39, 0.29) is 18.7 Å². The van der Waals surface area contributed by atoms with Crippen molar-refractivity contribution >= 4 is 11.9 Å².